The molecule has 3 nitrogen and oxygen atoms in total. The van der Waals surface area contributed by atoms with Crippen LogP contribution in [0.3, 0.4) is 0 Å². The fourth-order valence-corrected chi connectivity index (χ4v) is 1.53. The van der Waals surface area contributed by atoms with E-state index in [9.17, 15) is 0 Å². The molecule has 3 heteroatoms. The number of nitrogens with one attached hydrogen (secondary N) is 2. The first kappa shape index (κ1) is 15.9. The second kappa shape index (κ2) is 10.1. The molecule has 0 aromatic rings. The summed E-state index contributed by atoms with van der Waals surface area (Å²) >= 11 is 0. The zero-order valence-corrected chi connectivity index (χ0v) is 11.8. The highest BCUT2D eigenvalue weighted by atomic mass is 15.1. The average molecular weight is 229 g/mol. The van der Waals surface area contributed by atoms with Gasteiger partial charge >= 0.3 is 0 Å². The van der Waals surface area contributed by atoms with Crippen LogP contribution in [0.1, 0.15) is 34.6 Å². The molecule has 1 atom stereocenters. The Balaban J connectivity index is 3.27. The third-order valence-corrected chi connectivity index (χ3v) is 3.27. The molecule has 1 unspecified atom stereocenters. The van der Waals surface area contributed by atoms with Crippen LogP contribution in [0.4, 0.5) is 0 Å². The summed E-state index contributed by atoms with van der Waals surface area (Å²) in [6.45, 7) is 17.9. The number of hydrogen-bond acceptors (Lipinski definition) is 3. The maximum atomic E-state index is 3.52. The first-order valence-electron chi connectivity index (χ1n) is 6.78. The SMILES string of the molecule is CCN(CC)CCNCCNC(C)C(C)C. The molecule has 0 saturated carbocycles. The molecule has 0 spiro atoms. The predicted octanol–water partition coefficient (Wildman–Crippen LogP) is 1.55. The molecule has 0 aliphatic rings. The molecule has 0 fully saturated rings. The molecule has 16 heavy (non-hydrogen) atoms. The van der Waals surface area contributed by atoms with Gasteiger partial charge in [-0.05, 0) is 25.9 Å². The number of nitrogens with zero attached hydrogens (tertiary/aromatic N) is 1. The van der Waals surface area contributed by atoms with Crippen LogP contribution < -0.4 is 10.6 Å². The van der Waals surface area contributed by atoms with Crippen LogP contribution in [-0.4, -0.2) is 50.2 Å². The maximum Gasteiger partial charge on any atom is 0.0107 e. The van der Waals surface area contributed by atoms with E-state index >= 15 is 0 Å². The van der Waals surface area contributed by atoms with Crippen molar-refractivity contribution in [1.29, 1.82) is 0 Å². The van der Waals surface area contributed by atoms with E-state index in [1.807, 2.05) is 0 Å². The van der Waals surface area contributed by atoms with Gasteiger partial charge in [-0.1, -0.05) is 27.7 Å². The van der Waals surface area contributed by atoms with E-state index in [1.54, 1.807) is 0 Å². The Labute approximate surface area is 102 Å². The maximum absolute atomic E-state index is 3.52. The van der Waals surface area contributed by atoms with Crippen LogP contribution in [0.5, 0.6) is 0 Å². The molecule has 0 saturated heterocycles. The normalized spacial score (nSPS) is 13.7. The van der Waals surface area contributed by atoms with Gasteiger partial charge in [0.2, 0.25) is 0 Å². The minimum atomic E-state index is 0.615. The monoisotopic (exact) mass is 229 g/mol. The van der Waals surface area contributed by atoms with Crippen LogP contribution in [0, 0.1) is 5.92 Å². The highest BCUT2D eigenvalue weighted by Crippen LogP contribution is 1.98. The van der Waals surface area contributed by atoms with Gasteiger partial charge < -0.3 is 15.5 Å². The summed E-state index contributed by atoms with van der Waals surface area (Å²) in [5.41, 5.74) is 0. The van der Waals surface area contributed by atoms with Gasteiger partial charge in [0.1, 0.15) is 0 Å². The van der Waals surface area contributed by atoms with Gasteiger partial charge in [-0.15, -0.1) is 0 Å². The fraction of sp³-hybridized carbons (Fsp3) is 1.00. The van der Waals surface area contributed by atoms with Gasteiger partial charge in [0.15, 0.2) is 0 Å². The zero-order valence-electron chi connectivity index (χ0n) is 11.8. The summed E-state index contributed by atoms with van der Waals surface area (Å²) in [4.78, 5) is 2.44. The predicted molar refractivity (Wildman–Crippen MR) is 73.0 cm³/mol. The summed E-state index contributed by atoms with van der Waals surface area (Å²) in [6, 6.07) is 0.615. The Kier molecular flexibility index (Phi) is 9.99. The first-order chi connectivity index (χ1) is 7.61. The Bertz CT molecular complexity index is 138. The third-order valence-electron chi connectivity index (χ3n) is 3.27. The number of rotatable bonds is 10. The molecule has 0 aromatic heterocycles. The Hall–Kier alpha value is -0.120. The fourth-order valence-electron chi connectivity index (χ4n) is 1.53. The first-order valence-corrected chi connectivity index (χ1v) is 6.78. The van der Waals surface area contributed by atoms with E-state index in [2.05, 4.69) is 50.2 Å². The van der Waals surface area contributed by atoms with Crippen molar-refractivity contribution in [2.24, 2.45) is 5.92 Å². The lowest BCUT2D eigenvalue weighted by Gasteiger charge is -2.19. The zero-order chi connectivity index (χ0) is 12.4. The molecule has 0 radical (unpaired) electrons. The van der Waals surface area contributed by atoms with Crippen molar-refractivity contribution in [3.63, 3.8) is 0 Å². The van der Waals surface area contributed by atoms with Crippen molar-refractivity contribution in [3.05, 3.63) is 0 Å². The molecular weight excluding hydrogens is 198 g/mol. The summed E-state index contributed by atoms with van der Waals surface area (Å²) < 4.78 is 0. The van der Waals surface area contributed by atoms with Gasteiger partial charge in [-0.25, -0.2) is 0 Å². The molecule has 0 heterocycles. The molecule has 98 valence electrons. The summed E-state index contributed by atoms with van der Waals surface area (Å²) in [5, 5.41) is 7.00. The van der Waals surface area contributed by atoms with Crippen LogP contribution in [0.15, 0.2) is 0 Å². The van der Waals surface area contributed by atoms with Gasteiger partial charge in [-0.2, -0.15) is 0 Å². The quantitative estimate of drug-likeness (QED) is 0.557. The third kappa shape index (κ3) is 8.08. The van der Waals surface area contributed by atoms with Gasteiger partial charge in [0.05, 0.1) is 0 Å². The van der Waals surface area contributed by atoms with Crippen molar-refractivity contribution in [2.45, 2.75) is 40.7 Å². The highest BCUT2D eigenvalue weighted by molar-refractivity contribution is 4.65. The van der Waals surface area contributed by atoms with Crippen molar-refractivity contribution in [3.8, 4) is 0 Å². The molecule has 2 N–H and O–H groups in total. The lowest BCUT2D eigenvalue weighted by Crippen LogP contribution is -2.38. The van der Waals surface area contributed by atoms with E-state index in [0.29, 0.717) is 6.04 Å². The van der Waals surface area contributed by atoms with E-state index in [4.69, 9.17) is 0 Å². The number of likely N-dealkylation sites (N-methyl/N-ethyl adjacent to an activating group) is 1. The molecule has 0 aliphatic carbocycles. The van der Waals surface area contributed by atoms with E-state index < -0.39 is 0 Å². The topological polar surface area (TPSA) is 27.3 Å². The Morgan fingerprint density at radius 3 is 2.06 bits per heavy atom. The van der Waals surface area contributed by atoms with E-state index in [-0.39, 0.29) is 0 Å². The summed E-state index contributed by atoms with van der Waals surface area (Å²) in [6.07, 6.45) is 0. The minimum Gasteiger partial charge on any atom is -0.314 e. The second-order valence-electron chi connectivity index (χ2n) is 4.76. The number of hydrogen-bond donors (Lipinski definition) is 2. The Morgan fingerprint density at radius 2 is 1.56 bits per heavy atom. The smallest absolute Gasteiger partial charge is 0.0107 e. The highest BCUT2D eigenvalue weighted by Gasteiger charge is 2.04. The van der Waals surface area contributed by atoms with Crippen LogP contribution >= 0.6 is 0 Å². The van der Waals surface area contributed by atoms with Gasteiger partial charge in [0, 0.05) is 32.2 Å². The summed E-state index contributed by atoms with van der Waals surface area (Å²) in [7, 11) is 0. The molecule has 0 bridgehead atoms. The van der Waals surface area contributed by atoms with Crippen molar-refractivity contribution >= 4 is 0 Å². The van der Waals surface area contributed by atoms with Gasteiger partial charge in [0.25, 0.3) is 0 Å². The molecule has 0 rings (SSSR count). The average Bonchev–Trinajstić information content (AvgIpc) is 2.27. The van der Waals surface area contributed by atoms with Gasteiger partial charge in [-0.3, -0.25) is 0 Å². The van der Waals surface area contributed by atoms with Crippen molar-refractivity contribution in [2.75, 3.05) is 39.3 Å². The largest absolute Gasteiger partial charge is 0.314 e. The molecular formula is C13H31N3. The molecule has 0 amide bonds. The van der Waals surface area contributed by atoms with E-state index in [0.717, 1.165) is 45.2 Å². The van der Waals surface area contributed by atoms with Crippen molar-refractivity contribution < 1.29 is 0 Å². The lowest BCUT2D eigenvalue weighted by atomic mass is 10.1. The standard InChI is InChI=1S/C13H31N3/c1-6-16(7-2)11-10-14-8-9-15-13(5)12(3)4/h12-15H,6-11H2,1-5H3. The van der Waals surface area contributed by atoms with E-state index in [1.165, 1.54) is 0 Å². The minimum absolute atomic E-state index is 0.615. The summed E-state index contributed by atoms with van der Waals surface area (Å²) in [5.74, 6) is 0.718. The molecule has 0 aromatic carbocycles. The Morgan fingerprint density at radius 1 is 0.938 bits per heavy atom. The van der Waals surface area contributed by atoms with Crippen molar-refractivity contribution in [1.82, 2.24) is 15.5 Å². The van der Waals surface area contributed by atoms with Crippen LogP contribution in [-0.2, 0) is 0 Å². The second-order valence-corrected chi connectivity index (χ2v) is 4.76. The molecule has 0 aliphatic heterocycles. The lowest BCUT2D eigenvalue weighted by molar-refractivity contribution is 0.302. The van der Waals surface area contributed by atoms with Crippen LogP contribution in [0.25, 0.3) is 0 Å². The van der Waals surface area contributed by atoms with Crippen LogP contribution in [0.2, 0.25) is 0 Å².